The predicted octanol–water partition coefficient (Wildman–Crippen LogP) is 0.443. The molecule has 90 valence electrons. The first-order chi connectivity index (χ1) is 8.16. The Bertz CT molecular complexity index is 441. The van der Waals surface area contributed by atoms with Crippen molar-refractivity contribution < 1.29 is 14.3 Å². The lowest BCUT2D eigenvalue weighted by Gasteiger charge is -2.09. The Kier molecular flexibility index (Phi) is 3.27. The molecule has 1 fully saturated rings. The summed E-state index contributed by atoms with van der Waals surface area (Å²) in [5, 5.41) is 2.79. The maximum absolute atomic E-state index is 11.4. The second-order valence-electron chi connectivity index (χ2n) is 3.99. The molecule has 2 amide bonds. The number of primary amides is 1. The largest absolute Gasteiger partial charge is 0.483 e. The number of carbonyl (C=O) groups is 2. The smallest absolute Gasteiger partial charge is 0.258 e. The summed E-state index contributed by atoms with van der Waals surface area (Å²) in [6.07, 6.45) is 2.06. The van der Waals surface area contributed by atoms with E-state index >= 15 is 0 Å². The minimum Gasteiger partial charge on any atom is -0.483 e. The lowest BCUT2D eigenvalue weighted by atomic mass is 10.2. The molecule has 1 aromatic rings. The first kappa shape index (κ1) is 11.4. The summed E-state index contributed by atoms with van der Waals surface area (Å²) in [7, 11) is 0. The van der Waals surface area contributed by atoms with Gasteiger partial charge in [0, 0.05) is 6.04 Å². The Morgan fingerprint density at radius 1 is 1.35 bits per heavy atom. The fourth-order valence-corrected chi connectivity index (χ4v) is 1.44. The molecule has 17 heavy (non-hydrogen) atoms. The van der Waals surface area contributed by atoms with Crippen molar-refractivity contribution in [1.82, 2.24) is 5.32 Å². The van der Waals surface area contributed by atoms with Crippen molar-refractivity contribution in [3.8, 4) is 5.75 Å². The first-order valence-electron chi connectivity index (χ1n) is 5.48. The van der Waals surface area contributed by atoms with E-state index in [1.807, 2.05) is 0 Å². The summed E-state index contributed by atoms with van der Waals surface area (Å²) in [4.78, 5) is 22.5. The van der Waals surface area contributed by atoms with Crippen molar-refractivity contribution in [2.75, 3.05) is 6.61 Å². The number of nitrogens with one attached hydrogen (secondary N) is 1. The Labute approximate surface area is 98.9 Å². The van der Waals surface area contributed by atoms with Crippen LogP contribution in [0.3, 0.4) is 0 Å². The van der Waals surface area contributed by atoms with E-state index in [9.17, 15) is 9.59 Å². The summed E-state index contributed by atoms with van der Waals surface area (Å²) in [5.41, 5.74) is 5.48. The maximum Gasteiger partial charge on any atom is 0.258 e. The van der Waals surface area contributed by atoms with E-state index in [1.54, 1.807) is 24.3 Å². The van der Waals surface area contributed by atoms with E-state index in [0.717, 1.165) is 12.8 Å². The molecule has 1 aromatic carbocycles. The van der Waals surface area contributed by atoms with Crippen LogP contribution in [0.25, 0.3) is 0 Å². The van der Waals surface area contributed by atoms with Gasteiger partial charge in [0.25, 0.3) is 11.8 Å². The summed E-state index contributed by atoms with van der Waals surface area (Å²) in [5.74, 6) is -0.402. The summed E-state index contributed by atoms with van der Waals surface area (Å²) in [6.45, 7) is -0.0964. The second-order valence-corrected chi connectivity index (χ2v) is 3.99. The third kappa shape index (κ3) is 3.21. The van der Waals surface area contributed by atoms with Gasteiger partial charge in [0.1, 0.15) is 5.75 Å². The van der Waals surface area contributed by atoms with Crippen LogP contribution in [0.5, 0.6) is 5.75 Å². The van der Waals surface area contributed by atoms with Gasteiger partial charge in [0.05, 0.1) is 5.56 Å². The standard InChI is InChI=1S/C12H14N2O3/c13-12(16)9-3-1-2-4-10(9)17-7-11(15)14-8-5-6-8/h1-4,8H,5-7H2,(H2,13,16)(H,14,15). The minimum atomic E-state index is -0.566. The van der Waals surface area contributed by atoms with Crippen LogP contribution in [0.4, 0.5) is 0 Å². The molecule has 5 heteroatoms. The first-order valence-corrected chi connectivity index (χ1v) is 5.48. The van der Waals surface area contributed by atoms with Gasteiger partial charge in [-0.05, 0) is 25.0 Å². The van der Waals surface area contributed by atoms with Crippen molar-refractivity contribution in [1.29, 1.82) is 0 Å². The predicted molar refractivity (Wildman–Crippen MR) is 61.6 cm³/mol. The van der Waals surface area contributed by atoms with Crippen LogP contribution >= 0.6 is 0 Å². The van der Waals surface area contributed by atoms with Crippen LogP contribution < -0.4 is 15.8 Å². The van der Waals surface area contributed by atoms with Gasteiger partial charge < -0.3 is 15.8 Å². The van der Waals surface area contributed by atoms with Gasteiger partial charge in [-0.3, -0.25) is 9.59 Å². The molecule has 0 bridgehead atoms. The quantitative estimate of drug-likeness (QED) is 0.775. The van der Waals surface area contributed by atoms with E-state index in [4.69, 9.17) is 10.5 Å². The zero-order valence-electron chi connectivity index (χ0n) is 9.31. The van der Waals surface area contributed by atoms with Crippen molar-refractivity contribution in [2.24, 2.45) is 5.73 Å². The third-order valence-corrected chi connectivity index (χ3v) is 2.45. The number of carbonyl (C=O) groups excluding carboxylic acids is 2. The highest BCUT2D eigenvalue weighted by atomic mass is 16.5. The van der Waals surface area contributed by atoms with Gasteiger partial charge in [-0.1, -0.05) is 12.1 Å². The fourth-order valence-electron chi connectivity index (χ4n) is 1.44. The number of para-hydroxylation sites is 1. The molecular weight excluding hydrogens is 220 g/mol. The Morgan fingerprint density at radius 3 is 2.71 bits per heavy atom. The van der Waals surface area contributed by atoms with Crippen molar-refractivity contribution in [3.05, 3.63) is 29.8 Å². The van der Waals surface area contributed by atoms with E-state index in [2.05, 4.69) is 5.32 Å². The Morgan fingerprint density at radius 2 is 2.06 bits per heavy atom. The van der Waals surface area contributed by atoms with Crippen LogP contribution in [-0.4, -0.2) is 24.5 Å². The van der Waals surface area contributed by atoms with Crippen LogP contribution in [0, 0.1) is 0 Å². The average molecular weight is 234 g/mol. The molecule has 1 aliphatic rings. The van der Waals surface area contributed by atoms with Crippen molar-refractivity contribution >= 4 is 11.8 Å². The van der Waals surface area contributed by atoms with Gasteiger partial charge >= 0.3 is 0 Å². The number of nitrogens with two attached hydrogens (primary N) is 1. The molecule has 0 heterocycles. The second kappa shape index (κ2) is 4.86. The van der Waals surface area contributed by atoms with E-state index < -0.39 is 5.91 Å². The Hall–Kier alpha value is -2.04. The number of amides is 2. The summed E-state index contributed by atoms with van der Waals surface area (Å²) < 4.78 is 5.28. The monoisotopic (exact) mass is 234 g/mol. The molecule has 0 aliphatic heterocycles. The minimum absolute atomic E-state index is 0.0964. The van der Waals surface area contributed by atoms with Crippen LogP contribution in [-0.2, 0) is 4.79 Å². The van der Waals surface area contributed by atoms with Crippen molar-refractivity contribution in [2.45, 2.75) is 18.9 Å². The molecule has 3 N–H and O–H groups in total. The van der Waals surface area contributed by atoms with Gasteiger partial charge in [-0.2, -0.15) is 0 Å². The average Bonchev–Trinajstić information content (AvgIpc) is 3.10. The molecule has 0 radical (unpaired) electrons. The molecule has 1 aliphatic carbocycles. The van der Waals surface area contributed by atoms with Crippen molar-refractivity contribution in [3.63, 3.8) is 0 Å². The Balaban J connectivity index is 1.93. The lowest BCUT2D eigenvalue weighted by molar-refractivity contribution is -0.123. The maximum atomic E-state index is 11.4. The van der Waals surface area contributed by atoms with Gasteiger partial charge in [0.15, 0.2) is 6.61 Å². The molecule has 0 unspecified atom stereocenters. The lowest BCUT2D eigenvalue weighted by Crippen LogP contribution is -2.30. The highest BCUT2D eigenvalue weighted by molar-refractivity contribution is 5.95. The van der Waals surface area contributed by atoms with Crippen LogP contribution in [0.2, 0.25) is 0 Å². The molecule has 0 atom stereocenters. The molecular formula is C12H14N2O3. The van der Waals surface area contributed by atoms with E-state index in [0.29, 0.717) is 11.8 Å². The molecule has 0 saturated heterocycles. The number of benzene rings is 1. The molecule has 0 spiro atoms. The summed E-state index contributed by atoms with van der Waals surface area (Å²) >= 11 is 0. The highest BCUT2D eigenvalue weighted by Gasteiger charge is 2.23. The number of hydrogen-bond donors (Lipinski definition) is 2. The number of rotatable bonds is 5. The normalized spacial score (nSPS) is 14.1. The third-order valence-electron chi connectivity index (χ3n) is 2.45. The molecule has 5 nitrogen and oxygen atoms in total. The van der Waals surface area contributed by atoms with Gasteiger partial charge in [0.2, 0.25) is 0 Å². The molecule has 2 rings (SSSR count). The van der Waals surface area contributed by atoms with E-state index in [-0.39, 0.29) is 18.1 Å². The fraction of sp³-hybridized carbons (Fsp3) is 0.333. The summed E-state index contributed by atoms with van der Waals surface area (Å²) in [6, 6.07) is 6.90. The van der Waals surface area contributed by atoms with E-state index in [1.165, 1.54) is 0 Å². The van der Waals surface area contributed by atoms with Gasteiger partial charge in [-0.25, -0.2) is 0 Å². The van der Waals surface area contributed by atoms with Crippen LogP contribution in [0.1, 0.15) is 23.2 Å². The highest BCUT2D eigenvalue weighted by Crippen LogP contribution is 2.19. The van der Waals surface area contributed by atoms with Crippen LogP contribution in [0.15, 0.2) is 24.3 Å². The number of hydrogen-bond acceptors (Lipinski definition) is 3. The number of ether oxygens (including phenoxy) is 1. The topological polar surface area (TPSA) is 81.4 Å². The molecule has 0 aromatic heterocycles. The SMILES string of the molecule is NC(=O)c1ccccc1OCC(=O)NC1CC1. The van der Waals surface area contributed by atoms with Gasteiger partial charge in [-0.15, -0.1) is 0 Å². The molecule has 1 saturated carbocycles. The zero-order valence-corrected chi connectivity index (χ0v) is 9.31. The zero-order chi connectivity index (χ0) is 12.3.